The Morgan fingerprint density at radius 1 is 1.06 bits per heavy atom. The summed E-state index contributed by atoms with van der Waals surface area (Å²) in [7, 11) is 0. The van der Waals surface area contributed by atoms with Crippen LogP contribution in [0.3, 0.4) is 0 Å². The summed E-state index contributed by atoms with van der Waals surface area (Å²) in [5.41, 5.74) is 4.89. The lowest BCUT2D eigenvalue weighted by Crippen LogP contribution is -2.47. The number of amides is 1. The molecule has 0 aliphatic heterocycles. The number of aromatic nitrogens is 1. The van der Waals surface area contributed by atoms with Gasteiger partial charge in [-0.25, -0.2) is 4.98 Å². The maximum absolute atomic E-state index is 13.0. The molecule has 4 aliphatic rings. The first-order valence-electron chi connectivity index (χ1n) is 11.9. The lowest BCUT2D eigenvalue weighted by molar-refractivity contribution is -0.124. The van der Waals surface area contributed by atoms with E-state index in [0.717, 1.165) is 46.5 Å². The second-order valence-corrected chi connectivity index (χ2v) is 10.4. The number of hydrogen-bond acceptors (Lipinski definition) is 3. The summed E-state index contributed by atoms with van der Waals surface area (Å²) in [6, 6.07) is 14.0. The molecule has 4 heteroatoms. The predicted octanol–water partition coefficient (Wildman–Crippen LogP) is 6.60. The second kappa shape index (κ2) is 7.22. The van der Waals surface area contributed by atoms with Gasteiger partial charge in [-0.2, -0.15) is 0 Å². The molecule has 4 fully saturated rings. The van der Waals surface area contributed by atoms with Crippen LogP contribution in [0, 0.1) is 23.2 Å². The average molecular weight is 415 g/mol. The van der Waals surface area contributed by atoms with E-state index in [1.807, 2.05) is 30.3 Å². The summed E-state index contributed by atoms with van der Waals surface area (Å²) >= 11 is 0. The van der Waals surface area contributed by atoms with Crippen LogP contribution in [0.2, 0.25) is 0 Å². The van der Waals surface area contributed by atoms with Crippen molar-refractivity contribution >= 4 is 22.7 Å². The number of carbonyl (C=O) groups is 1. The largest absolute Gasteiger partial charge is 0.436 e. The third kappa shape index (κ3) is 3.56. The summed E-state index contributed by atoms with van der Waals surface area (Å²) in [6.07, 6.45) is 9.65. The van der Waals surface area contributed by atoms with E-state index in [2.05, 4.69) is 29.4 Å². The summed E-state index contributed by atoms with van der Waals surface area (Å²) in [5.74, 6) is 3.36. The molecule has 0 atom stereocenters. The van der Waals surface area contributed by atoms with Gasteiger partial charge in [-0.05, 0) is 104 Å². The highest BCUT2D eigenvalue weighted by Gasteiger charge is 2.51. The van der Waals surface area contributed by atoms with Crippen molar-refractivity contribution in [2.45, 2.75) is 58.3 Å². The van der Waals surface area contributed by atoms with E-state index >= 15 is 0 Å². The van der Waals surface area contributed by atoms with Crippen LogP contribution in [0.1, 0.15) is 57.4 Å². The minimum atomic E-state index is 0.157. The molecule has 0 radical (unpaired) electrons. The number of nitrogens with zero attached hydrogens (tertiary/aromatic N) is 1. The van der Waals surface area contributed by atoms with Gasteiger partial charge in [-0.1, -0.05) is 19.1 Å². The smallest absolute Gasteiger partial charge is 0.227 e. The topological polar surface area (TPSA) is 55.1 Å². The number of benzene rings is 2. The van der Waals surface area contributed by atoms with Crippen LogP contribution >= 0.6 is 0 Å². The van der Waals surface area contributed by atoms with E-state index in [9.17, 15) is 4.79 Å². The zero-order valence-corrected chi connectivity index (χ0v) is 18.2. The molecule has 1 N–H and O–H groups in total. The molecule has 160 valence electrons. The zero-order valence-electron chi connectivity index (χ0n) is 18.2. The number of rotatable bonds is 5. The van der Waals surface area contributed by atoms with E-state index in [4.69, 9.17) is 4.42 Å². The molecular formula is C27H30N2O2. The van der Waals surface area contributed by atoms with Crippen LogP contribution < -0.4 is 5.32 Å². The maximum Gasteiger partial charge on any atom is 0.227 e. The van der Waals surface area contributed by atoms with Crippen molar-refractivity contribution in [2.75, 3.05) is 5.32 Å². The lowest BCUT2D eigenvalue weighted by atomic mass is 9.49. The third-order valence-electron chi connectivity index (χ3n) is 7.95. The number of oxazole rings is 1. The number of hydrogen-bond donors (Lipinski definition) is 1. The number of nitrogens with one attached hydrogen (secondary N) is 1. The van der Waals surface area contributed by atoms with Gasteiger partial charge >= 0.3 is 0 Å². The Kier molecular flexibility index (Phi) is 4.45. The van der Waals surface area contributed by atoms with Crippen molar-refractivity contribution < 1.29 is 9.21 Å². The molecule has 1 amide bonds. The van der Waals surface area contributed by atoms with Crippen molar-refractivity contribution in [3.63, 3.8) is 0 Å². The van der Waals surface area contributed by atoms with Crippen molar-refractivity contribution in [3.8, 4) is 11.5 Å². The fraction of sp³-hybridized carbons (Fsp3) is 0.481. The van der Waals surface area contributed by atoms with E-state index < -0.39 is 0 Å². The first kappa shape index (κ1) is 19.1. The Bertz CT molecular complexity index is 1110. The molecule has 1 aromatic heterocycles. The van der Waals surface area contributed by atoms with Crippen molar-refractivity contribution in [3.05, 3.63) is 48.0 Å². The minimum absolute atomic E-state index is 0.157. The molecule has 0 spiro atoms. The molecule has 0 saturated heterocycles. The number of anilines is 1. The van der Waals surface area contributed by atoms with Gasteiger partial charge in [0.2, 0.25) is 11.8 Å². The SMILES string of the molecule is CCc1ccc2oc(-c3cccc(NC(=O)CC45CC6CC(CC(C6)C4)C5)c3)nc2c1. The van der Waals surface area contributed by atoms with Gasteiger partial charge in [0, 0.05) is 17.7 Å². The van der Waals surface area contributed by atoms with Gasteiger partial charge in [-0.15, -0.1) is 0 Å². The van der Waals surface area contributed by atoms with Gasteiger partial charge in [-0.3, -0.25) is 4.79 Å². The van der Waals surface area contributed by atoms with E-state index in [1.54, 1.807) is 0 Å². The van der Waals surface area contributed by atoms with E-state index in [-0.39, 0.29) is 11.3 Å². The number of aryl methyl sites for hydroxylation is 1. The molecule has 3 aromatic rings. The Morgan fingerprint density at radius 2 is 1.81 bits per heavy atom. The monoisotopic (exact) mass is 414 g/mol. The Labute approximate surface area is 183 Å². The van der Waals surface area contributed by atoms with Crippen LogP contribution in [0.25, 0.3) is 22.6 Å². The van der Waals surface area contributed by atoms with E-state index in [1.165, 1.54) is 44.1 Å². The first-order chi connectivity index (χ1) is 15.1. The summed E-state index contributed by atoms with van der Waals surface area (Å²) in [4.78, 5) is 17.7. The zero-order chi connectivity index (χ0) is 21.0. The van der Waals surface area contributed by atoms with Crippen LogP contribution in [-0.4, -0.2) is 10.9 Å². The van der Waals surface area contributed by atoms with Crippen LogP contribution in [0.15, 0.2) is 46.9 Å². The molecule has 7 rings (SSSR count). The Balaban J connectivity index is 1.19. The lowest BCUT2D eigenvalue weighted by Gasteiger charge is -2.56. The molecule has 4 bridgehead atoms. The standard InChI is InChI=1S/C27H30N2O2/c1-2-17-6-7-24-23(11-17)29-26(31-24)21-4-3-5-22(12-21)28-25(30)16-27-13-18-8-19(14-27)10-20(9-18)15-27/h3-7,11-12,18-20H,2,8-10,13-16H2,1H3,(H,28,30). The minimum Gasteiger partial charge on any atom is -0.436 e. The number of fused-ring (bicyclic) bond motifs is 1. The third-order valence-corrected chi connectivity index (χ3v) is 7.95. The van der Waals surface area contributed by atoms with E-state index in [0.29, 0.717) is 12.3 Å². The highest BCUT2D eigenvalue weighted by atomic mass is 16.3. The Hall–Kier alpha value is -2.62. The molecule has 31 heavy (non-hydrogen) atoms. The van der Waals surface area contributed by atoms with Gasteiger partial charge in [0.1, 0.15) is 5.52 Å². The summed E-state index contributed by atoms with van der Waals surface area (Å²) < 4.78 is 5.98. The van der Waals surface area contributed by atoms with Crippen molar-refractivity contribution in [1.82, 2.24) is 4.98 Å². The molecule has 1 heterocycles. The predicted molar refractivity (Wildman–Crippen MR) is 123 cm³/mol. The molecule has 4 aliphatic carbocycles. The number of carbonyl (C=O) groups excluding carboxylic acids is 1. The van der Waals surface area contributed by atoms with Crippen molar-refractivity contribution in [2.24, 2.45) is 23.2 Å². The van der Waals surface area contributed by atoms with Crippen LogP contribution in [0.5, 0.6) is 0 Å². The highest BCUT2D eigenvalue weighted by molar-refractivity contribution is 5.92. The average Bonchev–Trinajstić information content (AvgIpc) is 3.15. The maximum atomic E-state index is 13.0. The van der Waals surface area contributed by atoms with Crippen LogP contribution in [-0.2, 0) is 11.2 Å². The molecular weight excluding hydrogens is 384 g/mol. The Morgan fingerprint density at radius 3 is 2.52 bits per heavy atom. The summed E-state index contributed by atoms with van der Waals surface area (Å²) in [5, 5.41) is 3.17. The molecule has 4 nitrogen and oxygen atoms in total. The van der Waals surface area contributed by atoms with Crippen LogP contribution in [0.4, 0.5) is 5.69 Å². The fourth-order valence-electron chi connectivity index (χ4n) is 7.10. The molecule has 0 unspecified atom stereocenters. The summed E-state index contributed by atoms with van der Waals surface area (Å²) in [6.45, 7) is 2.14. The quantitative estimate of drug-likeness (QED) is 0.511. The van der Waals surface area contributed by atoms with Gasteiger partial charge < -0.3 is 9.73 Å². The first-order valence-corrected chi connectivity index (χ1v) is 11.9. The molecule has 2 aromatic carbocycles. The van der Waals surface area contributed by atoms with Gasteiger partial charge in [0.25, 0.3) is 0 Å². The highest BCUT2D eigenvalue weighted by Crippen LogP contribution is 2.61. The van der Waals surface area contributed by atoms with Gasteiger partial charge in [0.15, 0.2) is 5.58 Å². The molecule has 4 saturated carbocycles. The fourth-order valence-corrected chi connectivity index (χ4v) is 7.10. The van der Waals surface area contributed by atoms with Crippen molar-refractivity contribution in [1.29, 1.82) is 0 Å². The van der Waals surface area contributed by atoms with Gasteiger partial charge in [0.05, 0.1) is 0 Å². The normalized spacial score (nSPS) is 28.9. The second-order valence-electron chi connectivity index (χ2n) is 10.4.